The lowest BCUT2D eigenvalue weighted by Crippen LogP contribution is -2.25. The first-order valence-electron chi connectivity index (χ1n) is 7.77. The molecule has 4 rings (SSSR count). The minimum absolute atomic E-state index is 0.114. The first-order valence-corrected chi connectivity index (χ1v) is 7.77. The number of Topliss-reactive ketones (excluding diaryl/α,β-unsaturated/α-hetero) is 1. The van der Waals surface area contributed by atoms with Crippen molar-refractivity contribution in [2.75, 3.05) is 25.3 Å². The zero-order chi connectivity index (χ0) is 18.1. The Balaban J connectivity index is 1.41. The summed E-state index contributed by atoms with van der Waals surface area (Å²) in [4.78, 5) is 35.6. The molecule has 2 heterocycles. The summed E-state index contributed by atoms with van der Waals surface area (Å²) >= 11 is 0. The highest BCUT2D eigenvalue weighted by Gasteiger charge is 2.20. The lowest BCUT2D eigenvalue weighted by molar-refractivity contribution is -0.118. The summed E-state index contributed by atoms with van der Waals surface area (Å²) < 4.78 is 20.7. The van der Waals surface area contributed by atoms with Crippen LogP contribution in [0.2, 0.25) is 0 Å². The molecule has 2 aliphatic rings. The van der Waals surface area contributed by atoms with Crippen LogP contribution >= 0.6 is 0 Å². The van der Waals surface area contributed by atoms with Crippen LogP contribution in [0.1, 0.15) is 20.7 Å². The third-order valence-corrected chi connectivity index (χ3v) is 3.88. The monoisotopic (exact) mass is 355 g/mol. The maximum Gasteiger partial charge on any atom is 0.338 e. The lowest BCUT2D eigenvalue weighted by Gasteiger charge is -2.18. The average molecular weight is 355 g/mol. The summed E-state index contributed by atoms with van der Waals surface area (Å²) in [5.41, 5.74) is 1.06. The third kappa shape index (κ3) is 3.04. The molecule has 1 amide bonds. The number of benzene rings is 2. The zero-order valence-corrected chi connectivity index (χ0v) is 13.4. The molecule has 0 saturated heterocycles. The summed E-state index contributed by atoms with van der Waals surface area (Å²) in [7, 11) is 0. The molecule has 8 nitrogen and oxygen atoms in total. The van der Waals surface area contributed by atoms with E-state index in [2.05, 4.69) is 5.32 Å². The van der Waals surface area contributed by atoms with Gasteiger partial charge in [0.05, 0.1) is 11.3 Å². The predicted octanol–water partition coefficient (Wildman–Crippen LogP) is 1.79. The molecule has 0 bridgehead atoms. The van der Waals surface area contributed by atoms with Gasteiger partial charge in [0.15, 0.2) is 30.5 Å². The van der Waals surface area contributed by atoms with Crippen molar-refractivity contribution >= 4 is 23.3 Å². The van der Waals surface area contributed by atoms with Gasteiger partial charge in [0.2, 0.25) is 6.79 Å². The first-order chi connectivity index (χ1) is 12.6. The fraction of sp³-hybridized carbons (Fsp3) is 0.167. The molecular formula is C18H13NO7. The Labute approximate surface area is 147 Å². The van der Waals surface area contributed by atoms with Gasteiger partial charge >= 0.3 is 5.97 Å². The van der Waals surface area contributed by atoms with Crippen molar-refractivity contribution in [3.63, 3.8) is 0 Å². The number of carbonyl (C=O) groups excluding carboxylic acids is 3. The molecule has 2 aliphatic heterocycles. The Kier molecular flexibility index (Phi) is 3.92. The molecule has 132 valence electrons. The van der Waals surface area contributed by atoms with Gasteiger partial charge in [0.1, 0.15) is 5.75 Å². The van der Waals surface area contributed by atoms with E-state index in [1.165, 1.54) is 12.1 Å². The largest absolute Gasteiger partial charge is 0.482 e. The van der Waals surface area contributed by atoms with Crippen LogP contribution in [-0.4, -0.2) is 37.7 Å². The number of amides is 1. The number of hydrogen-bond acceptors (Lipinski definition) is 7. The van der Waals surface area contributed by atoms with Crippen LogP contribution in [0.15, 0.2) is 36.4 Å². The summed E-state index contributed by atoms with van der Waals surface area (Å²) in [5, 5.41) is 2.63. The normalized spacial score (nSPS) is 14.1. The molecule has 0 aromatic heterocycles. The molecule has 8 heteroatoms. The van der Waals surface area contributed by atoms with Crippen molar-refractivity contribution < 1.29 is 33.3 Å². The van der Waals surface area contributed by atoms with Crippen LogP contribution in [-0.2, 0) is 9.53 Å². The highest BCUT2D eigenvalue weighted by atomic mass is 16.7. The van der Waals surface area contributed by atoms with Crippen LogP contribution in [0.3, 0.4) is 0 Å². The number of ether oxygens (including phenoxy) is 4. The molecule has 2 aromatic carbocycles. The molecule has 0 aliphatic carbocycles. The summed E-state index contributed by atoms with van der Waals surface area (Å²) in [6, 6.07) is 9.26. The number of hydrogen-bond donors (Lipinski definition) is 1. The van der Waals surface area contributed by atoms with E-state index in [-0.39, 0.29) is 30.7 Å². The van der Waals surface area contributed by atoms with Gasteiger partial charge in [-0.2, -0.15) is 0 Å². The predicted molar refractivity (Wildman–Crippen MR) is 87.7 cm³/mol. The standard InChI is InChI=1S/C18H13NO7/c20-13(10-2-4-14-16(5-10)26-9-25-14)7-24-18(22)11-1-3-12-15(6-11)23-8-17(21)19-12/h1-6H,7-9H2,(H,19,21). The highest BCUT2D eigenvalue weighted by molar-refractivity contribution is 6.00. The number of rotatable bonds is 4. The molecule has 26 heavy (non-hydrogen) atoms. The van der Waals surface area contributed by atoms with Crippen molar-refractivity contribution in [2.24, 2.45) is 0 Å². The Bertz CT molecular complexity index is 922. The Morgan fingerprint density at radius 1 is 0.962 bits per heavy atom. The fourth-order valence-corrected chi connectivity index (χ4v) is 2.57. The summed E-state index contributed by atoms with van der Waals surface area (Å²) in [6.07, 6.45) is 0. The maximum atomic E-state index is 12.2. The molecule has 0 atom stereocenters. The van der Waals surface area contributed by atoms with Crippen molar-refractivity contribution in [3.8, 4) is 17.2 Å². The molecule has 0 saturated carbocycles. The van der Waals surface area contributed by atoms with E-state index < -0.39 is 12.6 Å². The molecule has 0 fully saturated rings. The minimum Gasteiger partial charge on any atom is -0.482 e. The third-order valence-electron chi connectivity index (χ3n) is 3.88. The van der Waals surface area contributed by atoms with E-state index >= 15 is 0 Å². The van der Waals surface area contributed by atoms with E-state index in [4.69, 9.17) is 18.9 Å². The quantitative estimate of drug-likeness (QED) is 0.659. The van der Waals surface area contributed by atoms with Crippen molar-refractivity contribution in [1.82, 2.24) is 0 Å². The van der Waals surface area contributed by atoms with E-state index in [9.17, 15) is 14.4 Å². The second-order valence-electron chi connectivity index (χ2n) is 5.62. The van der Waals surface area contributed by atoms with Crippen molar-refractivity contribution in [2.45, 2.75) is 0 Å². The van der Waals surface area contributed by atoms with Gasteiger partial charge in [-0.1, -0.05) is 0 Å². The van der Waals surface area contributed by atoms with E-state index in [0.717, 1.165) is 0 Å². The van der Waals surface area contributed by atoms with Gasteiger partial charge in [-0.3, -0.25) is 9.59 Å². The second kappa shape index (κ2) is 6.40. The van der Waals surface area contributed by atoms with Gasteiger partial charge in [-0.25, -0.2) is 4.79 Å². The number of fused-ring (bicyclic) bond motifs is 2. The van der Waals surface area contributed by atoms with E-state index in [0.29, 0.717) is 28.5 Å². The second-order valence-corrected chi connectivity index (χ2v) is 5.62. The average Bonchev–Trinajstić information content (AvgIpc) is 3.13. The molecule has 2 aromatic rings. The molecule has 1 N–H and O–H groups in total. The first kappa shape index (κ1) is 15.9. The van der Waals surface area contributed by atoms with Crippen LogP contribution in [0.25, 0.3) is 0 Å². The number of carbonyl (C=O) groups is 3. The van der Waals surface area contributed by atoms with E-state index in [1.807, 2.05) is 0 Å². The summed E-state index contributed by atoms with van der Waals surface area (Å²) in [5.74, 6) is 0.138. The maximum absolute atomic E-state index is 12.2. The van der Waals surface area contributed by atoms with Crippen LogP contribution < -0.4 is 19.5 Å². The Hall–Kier alpha value is -3.55. The molecular weight excluding hydrogens is 342 g/mol. The van der Waals surface area contributed by atoms with E-state index in [1.54, 1.807) is 24.3 Å². The van der Waals surface area contributed by atoms with Gasteiger partial charge in [-0.05, 0) is 36.4 Å². The summed E-state index contributed by atoms with van der Waals surface area (Å²) in [6.45, 7) is -0.413. The fourth-order valence-electron chi connectivity index (χ4n) is 2.57. The van der Waals surface area contributed by atoms with Gasteiger partial charge in [-0.15, -0.1) is 0 Å². The van der Waals surface area contributed by atoms with Crippen LogP contribution in [0.5, 0.6) is 17.2 Å². The zero-order valence-electron chi connectivity index (χ0n) is 13.4. The number of esters is 1. The van der Waals surface area contributed by atoms with Gasteiger partial charge in [0.25, 0.3) is 5.91 Å². The van der Waals surface area contributed by atoms with Crippen LogP contribution in [0, 0.1) is 0 Å². The Morgan fingerprint density at radius 3 is 2.62 bits per heavy atom. The number of anilines is 1. The minimum atomic E-state index is -0.664. The number of ketones is 1. The number of nitrogens with one attached hydrogen (secondary N) is 1. The van der Waals surface area contributed by atoms with Crippen molar-refractivity contribution in [3.05, 3.63) is 47.5 Å². The van der Waals surface area contributed by atoms with Crippen LogP contribution in [0.4, 0.5) is 5.69 Å². The molecule has 0 unspecified atom stereocenters. The van der Waals surface area contributed by atoms with Gasteiger partial charge < -0.3 is 24.3 Å². The van der Waals surface area contributed by atoms with Gasteiger partial charge in [0, 0.05) is 5.56 Å². The SMILES string of the molecule is O=C1COc2cc(C(=O)OCC(=O)c3ccc4c(c3)OCO4)ccc2N1. The highest BCUT2D eigenvalue weighted by Crippen LogP contribution is 2.32. The lowest BCUT2D eigenvalue weighted by atomic mass is 10.1. The Morgan fingerprint density at radius 2 is 1.73 bits per heavy atom. The molecule has 0 spiro atoms. The topological polar surface area (TPSA) is 100 Å². The molecule has 0 radical (unpaired) electrons. The smallest absolute Gasteiger partial charge is 0.338 e. The van der Waals surface area contributed by atoms with Crippen molar-refractivity contribution in [1.29, 1.82) is 0 Å².